The maximum atomic E-state index is 10.6. The third-order valence-corrected chi connectivity index (χ3v) is 4.05. The van der Waals surface area contributed by atoms with E-state index in [1.54, 1.807) is 48.6 Å². The van der Waals surface area contributed by atoms with Crippen molar-refractivity contribution in [2.75, 3.05) is 27.4 Å². The van der Waals surface area contributed by atoms with Crippen LogP contribution >= 0.6 is 0 Å². The van der Waals surface area contributed by atoms with Gasteiger partial charge in [-0.25, -0.2) is 9.59 Å². The fourth-order valence-corrected chi connectivity index (χ4v) is 2.56. The van der Waals surface area contributed by atoms with Crippen LogP contribution in [0.4, 0.5) is 0 Å². The van der Waals surface area contributed by atoms with E-state index in [1.807, 2.05) is 0 Å². The van der Waals surface area contributed by atoms with E-state index in [0.29, 0.717) is 34.1 Å². The smallest absolute Gasteiger partial charge is 0.328 e. The van der Waals surface area contributed by atoms with Crippen molar-refractivity contribution in [1.82, 2.24) is 0 Å². The Morgan fingerprint density at radius 3 is 1.47 bits per heavy atom. The molecule has 0 saturated heterocycles. The Labute approximate surface area is 185 Å². The van der Waals surface area contributed by atoms with Gasteiger partial charge in [0.05, 0.1) is 14.2 Å². The zero-order valence-electron chi connectivity index (χ0n) is 17.7. The SMILES string of the molecule is COc1cc(C=CC(=O)O)ccc1OCC=CCOc1ccc(C=CC(=O)O)cc1OC. The Balaban J connectivity index is 1.88. The van der Waals surface area contributed by atoms with Gasteiger partial charge in [0.1, 0.15) is 13.2 Å². The Morgan fingerprint density at radius 2 is 1.12 bits per heavy atom. The average Bonchev–Trinajstić information content (AvgIpc) is 2.79. The highest BCUT2D eigenvalue weighted by Gasteiger charge is 2.06. The number of carbonyl (C=O) groups is 2. The van der Waals surface area contributed by atoms with Crippen molar-refractivity contribution in [2.45, 2.75) is 0 Å². The van der Waals surface area contributed by atoms with E-state index in [0.717, 1.165) is 12.2 Å². The molecule has 0 aliphatic rings. The van der Waals surface area contributed by atoms with Crippen LogP contribution in [0, 0.1) is 0 Å². The standard InChI is InChI=1S/C24H24O8/c1-29-21-15-17(7-11-23(25)26)5-9-19(21)31-13-3-4-14-32-20-10-6-18(8-12-24(27)28)16-22(20)30-2/h3-12,15-16H,13-14H2,1-2H3,(H,25,26)(H,27,28). The largest absolute Gasteiger partial charge is 0.493 e. The lowest BCUT2D eigenvalue weighted by Crippen LogP contribution is -1.99. The van der Waals surface area contributed by atoms with Crippen molar-refractivity contribution in [3.8, 4) is 23.0 Å². The third kappa shape index (κ3) is 7.91. The van der Waals surface area contributed by atoms with E-state index in [4.69, 9.17) is 29.2 Å². The first-order valence-electron chi connectivity index (χ1n) is 9.51. The lowest BCUT2D eigenvalue weighted by atomic mass is 10.2. The molecule has 168 valence electrons. The van der Waals surface area contributed by atoms with Gasteiger partial charge in [0, 0.05) is 12.2 Å². The Hall–Kier alpha value is -4.20. The molecule has 2 aromatic carbocycles. The van der Waals surface area contributed by atoms with Gasteiger partial charge < -0.3 is 29.2 Å². The Bertz CT molecular complexity index is 939. The molecular weight excluding hydrogens is 416 g/mol. The van der Waals surface area contributed by atoms with Crippen LogP contribution in [0.15, 0.2) is 60.7 Å². The second-order valence-corrected chi connectivity index (χ2v) is 6.26. The fourth-order valence-electron chi connectivity index (χ4n) is 2.56. The van der Waals surface area contributed by atoms with E-state index < -0.39 is 11.9 Å². The summed E-state index contributed by atoms with van der Waals surface area (Å²) < 4.78 is 21.9. The summed E-state index contributed by atoms with van der Waals surface area (Å²) in [5, 5.41) is 17.4. The molecule has 0 saturated carbocycles. The van der Waals surface area contributed by atoms with Gasteiger partial charge >= 0.3 is 11.9 Å². The van der Waals surface area contributed by atoms with Gasteiger partial charge in [0.15, 0.2) is 23.0 Å². The summed E-state index contributed by atoms with van der Waals surface area (Å²) in [4.78, 5) is 21.2. The van der Waals surface area contributed by atoms with Crippen molar-refractivity contribution in [3.63, 3.8) is 0 Å². The number of benzene rings is 2. The molecule has 0 aliphatic heterocycles. The van der Waals surface area contributed by atoms with Crippen LogP contribution in [0.2, 0.25) is 0 Å². The first-order chi connectivity index (χ1) is 15.4. The van der Waals surface area contributed by atoms with Crippen LogP contribution in [-0.2, 0) is 9.59 Å². The lowest BCUT2D eigenvalue weighted by molar-refractivity contribution is -0.132. The normalized spacial score (nSPS) is 11.2. The van der Waals surface area contributed by atoms with Gasteiger partial charge in [0.2, 0.25) is 0 Å². The van der Waals surface area contributed by atoms with Crippen LogP contribution in [0.25, 0.3) is 12.2 Å². The van der Waals surface area contributed by atoms with Gasteiger partial charge in [-0.3, -0.25) is 0 Å². The average molecular weight is 440 g/mol. The molecule has 0 aromatic heterocycles. The minimum atomic E-state index is -1.03. The maximum Gasteiger partial charge on any atom is 0.328 e. The monoisotopic (exact) mass is 440 g/mol. The summed E-state index contributed by atoms with van der Waals surface area (Å²) >= 11 is 0. The molecule has 32 heavy (non-hydrogen) atoms. The molecule has 2 rings (SSSR count). The molecule has 0 aliphatic carbocycles. The second kappa shape index (κ2) is 12.5. The summed E-state index contributed by atoms with van der Waals surface area (Å²) in [6, 6.07) is 10.2. The number of hydrogen-bond donors (Lipinski definition) is 2. The third-order valence-electron chi connectivity index (χ3n) is 4.05. The van der Waals surface area contributed by atoms with Crippen LogP contribution in [-0.4, -0.2) is 49.6 Å². The molecule has 8 heteroatoms. The van der Waals surface area contributed by atoms with E-state index >= 15 is 0 Å². The van der Waals surface area contributed by atoms with E-state index in [1.165, 1.54) is 26.4 Å². The van der Waals surface area contributed by atoms with E-state index in [9.17, 15) is 9.59 Å². The topological polar surface area (TPSA) is 112 Å². The minimum Gasteiger partial charge on any atom is -0.493 e. The number of carboxylic acid groups (broad SMARTS) is 2. The first-order valence-corrected chi connectivity index (χ1v) is 9.51. The lowest BCUT2D eigenvalue weighted by Gasteiger charge is -2.11. The van der Waals surface area contributed by atoms with Crippen LogP contribution < -0.4 is 18.9 Å². The highest BCUT2D eigenvalue weighted by molar-refractivity contribution is 5.86. The quantitative estimate of drug-likeness (QED) is 0.377. The van der Waals surface area contributed by atoms with Gasteiger partial charge in [-0.15, -0.1) is 0 Å². The molecular formula is C24H24O8. The van der Waals surface area contributed by atoms with Crippen LogP contribution in [0.5, 0.6) is 23.0 Å². The minimum absolute atomic E-state index is 0.278. The Morgan fingerprint density at radius 1 is 0.719 bits per heavy atom. The molecule has 0 amide bonds. The molecule has 8 nitrogen and oxygen atoms in total. The zero-order chi connectivity index (χ0) is 23.3. The summed E-state index contributed by atoms with van der Waals surface area (Å²) in [6.45, 7) is 0.556. The van der Waals surface area contributed by atoms with Crippen LogP contribution in [0.3, 0.4) is 0 Å². The fraction of sp³-hybridized carbons (Fsp3) is 0.167. The number of ether oxygens (including phenoxy) is 4. The van der Waals surface area contributed by atoms with E-state index in [2.05, 4.69) is 0 Å². The number of carboxylic acids is 2. The van der Waals surface area contributed by atoms with Gasteiger partial charge in [-0.2, -0.15) is 0 Å². The highest BCUT2D eigenvalue weighted by Crippen LogP contribution is 2.29. The van der Waals surface area contributed by atoms with Crippen molar-refractivity contribution in [3.05, 3.63) is 71.8 Å². The highest BCUT2D eigenvalue weighted by atomic mass is 16.5. The maximum absolute atomic E-state index is 10.6. The van der Waals surface area contributed by atoms with Gasteiger partial charge in [-0.05, 0) is 59.7 Å². The van der Waals surface area contributed by atoms with Crippen molar-refractivity contribution >= 4 is 24.1 Å². The summed E-state index contributed by atoms with van der Waals surface area (Å²) in [5.41, 5.74) is 1.36. The molecule has 0 bridgehead atoms. The van der Waals surface area contributed by atoms with Crippen molar-refractivity contribution in [1.29, 1.82) is 0 Å². The van der Waals surface area contributed by atoms with Crippen molar-refractivity contribution < 1.29 is 38.7 Å². The number of rotatable bonds is 12. The first kappa shape index (κ1) is 24.1. The van der Waals surface area contributed by atoms with E-state index in [-0.39, 0.29) is 13.2 Å². The zero-order valence-corrected chi connectivity index (χ0v) is 17.7. The van der Waals surface area contributed by atoms with Crippen molar-refractivity contribution in [2.24, 2.45) is 0 Å². The molecule has 0 radical (unpaired) electrons. The summed E-state index contributed by atoms with van der Waals surface area (Å²) in [5.74, 6) is -0.0252. The molecule has 0 fully saturated rings. The molecule has 0 heterocycles. The molecule has 0 unspecified atom stereocenters. The summed E-state index contributed by atoms with van der Waals surface area (Å²) in [7, 11) is 3.01. The summed E-state index contributed by atoms with van der Waals surface area (Å²) in [6.07, 6.45) is 8.60. The number of hydrogen-bond acceptors (Lipinski definition) is 6. The molecule has 2 aromatic rings. The second-order valence-electron chi connectivity index (χ2n) is 6.26. The van der Waals surface area contributed by atoms with Gasteiger partial charge in [-0.1, -0.05) is 12.1 Å². The predicted molar refractivity (Wildman–Crippen MR) is 119 cm³/mol. The van der Waals surface area contributed by atoms with Gasteiger partial charge in [0.25, 0.3) is 0 Å². The molecule has 0 spiro atoms. The predicted octanol–water partition coefficient (Wildman–Crippen LogP) is 3.91. The van der Waals surface area contributed by atoms with Crippen LogP contribution in [0.1, 0.15) is 11.1 Å². The molecule has 0 atom stereocenters. The Kier molecular flexibility index (Phi) is 9.39. The number of methoxy groups -OCH3 is 2. The molecule has 2 N–H and O–H groups in total. The number of aliphatic carboxylic acids is 2.